The normalized spacial score (nSPS) is 31.3. The van der Waals surface area contributed by atoms with Gasteiger partial charge in [-0.1, -0.05) is 0 Å². The van der Waals surface area contributed by atoms with Gasteiger partial charge in [0.05, 0.1) is 0 Å². The number of carbonyl (C=O) groups is 2. The van der Waals surface area contributed by atoms with E-state index < -0.39 is 11.6 Å². The summed E-state index contributed by atoms with van der Waals surface area (Å²) in [6, 6.07) is 0.0194. The third-order valence-corrected chi connectivity index (χ3v) is 4.75. The average molecular weight is 273 g/mol. The van der Waals surface area contributed by atoms with E-state index in [0.717, 1.165) is 6.42 Å². The molecule has 0 bridgehead atoms. The monoisotopic (exact) mass is 273 g/mol. The quantitative estimate of drug-likeness (QED) is 0.789. The van der Waals surface area contributed by atoms with Gasteiger partial charge in [-0.3, -0.25) is 4.79 Å². The number of rotatable bonds is 1. The molecule has 0 radical (unpaired) electrons. The van der Waals surface area contributed by atoms with Crippen LogP contribution in [0.25, 0.3) is 0 Å². The summed E-state index contributed by atoms with van der Waals surface area (Å²) >= 11 is 1.43. The molecule has 3 unspecified atom stereocenters. The molecule has 0 spiro atoms. The van der Waals surface area contributed by atoms with Gasteiger partial charge >= 0.3 is 12.1 Å². The summed E-state index contributed by atoms with van der Waals surface area (Å²) in [5.74, 6) is -0.000467. The van der Waals surface area contributed by atoms with E-state index in [1.165, 1.54) is 11.8 Å². The molecule has 3 atom stereocenters. The van der Waals surface area contributed by atoms with Gasteiger partial charge in [0.15, 0.2) is 0 Å². The Bertz CT molecular complexity index is 366. The van der Waals surface area contributed by atoms with Gasteiger partial charge in [-0.2, -0.15) is 0 Å². The number of likely N-dealkylation sites (tertiary alicyclic amines) is 1. The van der Waals surface area contributed by atoms with Crippen molar-refractivity contribution in [2.45, 2.75) is 44.1 Å². The summed E-state index contributed by atoms with van der Waals surface area (Å²) in [7, 11) is 0. The number of hydrogen-bond donors (Lipinski definition) is 1. The summed E-state index contributed by atoms with van der Waals surface area (Å²) in [5.41, 5.74) is -0.507. The Morgan fingerprint density at radius 1 is 1.39 bits per heavy atom. The molecule has 1 amide bonds. The Hall–Kier alpha value is -0.910. The molecule has 102 valence electrons. The second-order valence-corrected chi connectivity index (χ2v) is 6.96. The first-order valence-electron chi connectivity index (χ1n) is 6.13. The van der Waals surface area contributed by atoms with Crippen LogP contribution in [-0.4, -0.2) is 51.3 Å². The highest BCUT2D eigenvalue weighted by molar-refractivity contribution is 8.00. The topological polar surface area (TPSA) is 66.8 Å². The van der Waals surface area contributed by atoms with Crippen molar-refractivity contribution in [3.63, 3.8) is 0 Å². The number of nitrogens with zero attached hydrogens (tertiary/aromatic N) is 1. The van der Waals surface area contributed by atoms with Crippen LogP contribution in [0.15, 0.2) is 0 Å². The zero-order valence-electron chi connectivity index (χ0n) is 10.9. The average Bonchev–Trinajstić information content (AvgIpc) is 2.71. The number of thioether (sulfide) groups is 1. The molecular weight excluding hydrogens is 254 g/mol. The first-order valence-corrected chi connectivity index (χ1v) is 7.18. The van der Waals surface area contributed by atoms with Crippen molar-refractivity contribution in [2.24, 2.45) is 5.92 Å². The van der Waals surface area contributed by atoms with E-state index in [9.17, 15) is 9.59 Å². The number of hydrogen-bond acceptors (Lipinski definition) is 4. The molecule has 0 saturated carbocycles. The van der Waals surface area contributed by atoms with E-state index in [4.69, 9.17) is 9.84 Å². The van der Waals surface area contributed by atoms with Gasteiger partial charge in [-0.05, 0) is 27.2 Å². The summed E-state index contributed by atoms with van der Waals surface area (Å²) < 4.78 is 5.36. The molecule has 0 aliphatic carbocycles. The van der Waals surface area contributed by atoms with E-state index in [0.29, 0.717) is 12.3 Å². The van der Waals surface area contributed by atoms with Crippen LogP contribution in [0.2, 0.25) is 0 Å². The number of carbonyl (C=O) groups excluding carboxylic acids is 1. The van der Waals surface area contributed by atoms with Gasteiger partial charge in [-0.15, -0.1) is 11.8 Å². The highest BCUT2D eigenvalue weighted by atomic mass is 32.2. The Kier molecular flexibility index (Phi) is 3.49. The molecule has 6 heteroatoms. The van der Waals surface area contributed by atoms with Crippen molar-refractivity contribution in [1.29, 1.82) is 0 Å². The van der Waals surface area contributed by atoms with Crippen molar-refractivity contribution >= 4 is 23.8 Å². The van der Waals surface area contributed by atoms with Gasteiger partial charge in [0.25, 0.3) is 0 Å². The molecule has 2 rings (SSSR count). The second kappa shape index (κ2) is 4.64. The van der Waals surface area contributed by atoms with Crippen molar-refractivity contribution in [3.8, 4) is 0 Å². The van der Waals surface area contributed by atoms with Gasteiger partial charge < -0.3 is 14.7 Å². The molecule has 1 N–H and O–H groups in total. The number of ether oxygens (including phenoxy) is 1. The van der Waals surface area contributed by atoms with E-state index in [1.807, 2.05) is 20.8 Å². The van der Waals surface area contributed by atoms with Crippen LogP contribution in [0.3, 0.4) is 0 Å². The molecule has 2 saturated heterocycles. The molecule has 0 aromatic heterocycles. The number of fused-ring (bicyclic) bond motifs is 1. The molecule has 0 aromatic carbocycles. The molecule has 18 heavy (non-hydrogen) atoms. The zero-order valence-corrected chi connectivity index (χ0v) is 11.7. The minimum atomic E-state index is -0.765. The van der Waals surface area contributed by atoms with Gasteiger partial charge in [0.1, 0.15) is 10.9 Å². The Labute approximate surface area is 111 Å². The predicted molar refractivity (Wildman–Crippen MR) is 68.7 cm³/mol. The highest BCUT2D eigenvalue weighted by Crippen LogP contribution is 2.42. The summed E-state index contributed by atoms with van der Waals surface area (Å²) in [5, 5.41) is 8.74. The second-order valence-electron chi connectivity index (χ2n) is 5.79. The van der Waals surface area contributed by atoms with Crippen LogP contribution in [0.1, 0.15) is 27.2 Å². The minimum absolute atomic E-state index is 0.0194. The maximum Gasteiger partial charge on any atom is 0.410 e. The summed E-state index contributed by atoms with van der Waals surface area (Å²) in [6.07, 6.45) is 0.440. The standard InChI is InChI=1S/C12H19NO4S/c1-12(2,3)17-11(16)13-5-4-7-8(13)6-18-9(7)10(14)15/h7-9H,4-6H2,1-3H3,(H,14,15). The Balaban J connectivity index is 2.02. The van der Waals surface area contributed by atoms with E-state index in [2.05, 4.69) is 0 Å². The molecule has 2 aliphatic rings. The van der Waals surface area contributed by atoms with E-state index >= 15 is 0 Å². The van der Waals surface area contributed by atoms with Crippen LogP contribution in [0.5, 0.6) is 0 Å². The largest absolute Gasteiger partial charge is 0.480 e. The maximum absolute atomic E-state index is 12.0. The highest BCUT2D eigenvalue weighted by Gasteiger charge is 2.49. The fourth-order valence-electron chi connectivity index (χ4n) is 2.57. The number of carboxylic acids is 1. The third-order valence-electron chi connectivity index (χ3n) is 3.30. The zero-order chi connectivity index (χ0) is 13.5. The van der Waals surface area contributed by atoms with Gasteiger partial charge in [0.2, 0.25) is 0 Å². The molecule has 5 nitrogen and oxygen atoms in total. The lowest BCUT2D eigenvalue weighted by atomic mass is 9.98. The molecule has 2 heterocycles. The third kappa shape index (κ3) is 2.58. The molecule has 0 aromatic rings. The fraction of sp³-hybridized carbons (Fsp3) is 0.833. The van der Waals surface area contributed by atoms with Crippen LogP contribution in [0, 0.1) is 5.92 Å². The van der Waals surface area contributed by atoms with Crippen molar-refractivity contribution in [3.05, 3.63) is 0 Å². The van der Waals surface area contributed by atoms with Crippen LogP contribution in [-0.2, 0) is 9.53 Å². The van der Waals surface area contributed by atoms with Gasteiger partial charge in [-0.25, -0.2) is 4.79 Å². The van der Waals surface area contributed by atoms with Crippen LogP contribution in [0.4, 0.5) is 4.79 Å². The number of amides is 1. The fourth-order valence-corrected chi connectivity index (χ4v) is 4.11. The first kappa shape index (κ1) is 13.5. The predicted octanol–water partition coefficient (Wildman–Crippen LogP) is 1.81. The molecule has 2 aliphatic heterocycles. The van der Waals surface area contributed by atoms with E-state index in [-0.39, 0.29) is 23.3 Å². The maximum atomic E-state index is 12.0. The molecular formula is C12H19NO4S. The van der Waals surface area contributed by atoms with Gasteiger partial charge in [0, 0.05) is 24.3 Å². The van der Waals surface area contributed by atoms with E-state index in [1.54, 1.807) is 4.90 Å². The smallest absolute Gasteiger partial charge is 0.410 e. The SMILES string of the molecule is CC(C)(C)OC(=O)N1CCC2C(C(=O)O)SCC21. The first-order chi connectivity index (χ1) is 8.29. The molecule has 2 fully saturated rings. The lowest BCUT2D eigenvalue weighted by molar-refractivity contribution is -0.137. The Morgan fingerprint density at radius 3 is 2.61 bits per heavy atom. The summed E-state index contributed by atoms with van der Waals surface area (Å²) in [6.45, 7) is 6.11. The Morgan fingerprint density at radius 2 is 2.06 bits per heavy atom. The number of carboxylic acid groups (broad SMARTS) is 1. The van der Waals surface area contributed by atoms with Crippen molar-refractivity contribution in [2.75, 3.05) is 12.3 Å². The van der Waals surface area contributed by atoms with Crippen LogP contribution >= 0.6 is 11.8 Å². The van der Waals surface area contributed by atoms with Crippen molar-refractivity contribution in [1.82, 2.24) is 4.90 Å². The lowest BCUT2D eigenvalue weighted by Gasteiger charge is -2.27. The van der Waals surface area contributed by atoms with Crippen molar-refractivity contribution < 1.29 is 19.4 Å². The minimum Gasteiger partial charge on any atom is -0.480 e. The summed E-state index contributed by atoms with van der Waals surface area (Å²) in [4.78, 5) is 24.8. The number of aliphatic carboxylic acids is 1. The lowest BCUT2D eigenvalue weighted by Crippen LogP contribution is -2.42. The van der Waals surface area contributed by atoms with Crippen LogP contribution < -0.4 is 0 Å².